The van der Waals surface area contributed by atoms with Crippen molar-refractivity contribution >= 4 is 0 Å². The van der Waals surface area contributed by atoms with Crippen LogP contribution < -0.4 is 0 Å². The van der Waals surface area contributed by atoms with Gasteiger partial charge in [0.25, 0.3) is 0 Å². The van der Waals surface area contributed by atoms with Crippen LogP contribution in [-0.2, 0) is 0 Å². The smallest absolute Gasteiger partial charge is 0.0109 e. The predicted octanol–water partition coefficient (Wildman–Crippen LogP) is 16.3. The van der Waals surface area contributed by atoms with Crippen molar-refractivity contribution in [3.8, 4) is 0 Å². The van der Waals surface area contributed by atoms with E-state index >= 15 is 0 Å². The van der Waals surface area contributed by atoms with Crippen LogP contribution in [0.4, 0.5) is 0 Å². The van der Waals surface area contributed by atoms with Crippen molar-refractivity contribution in [2.45, 2.75) is 257 Å². The van der Waals surface area contributed by atoms with Crippen molar-refractivity contribution in [2.24, 2.45) is 35.0 Å². The van der Waals surface area contributed by atoms with E-state index in [0.717, 1.165) is 29.6 Å². The van der Waals surface area contributed by atoms with Crippen molar-refractivity contribution in [1.82, 2.24) is 0 Å². The summed E-state index contributed by atoms with van der Waals surface area (Å²) in [5.74, 6) is 7.24. The molecule has 5 fully saturated rings. The van der Waals surface area contributed by atoms with Gasteiger partial charge in [0, 0.05) is 0 Å². The van der Waals surface area contributed by atoms with Gasteiger partial charge >= 0.3 is 0 Å². The van der Waals surface area contributed by atoms with E-state index in [-0.39, 0.29) is 0 Å². The summed E-state index contributed by atoms with van der Waals surface area (Å²) < 4.78 is 0. The molecular formula is C47H85. The molecule has 0 heteroatoms. The molecule has 0 amide bonds. The summed E-state index contributed by atoms with van der Waals surface area (Å²) in [6, 6.07) is 0. The molecule has 0 aliphatic heterocycles. The zero-order valence-corrected chi connectivity index (χ0v) is 32.2. The van der Waals surface area contributed by atoms with Crippen LogP contribution >= 0.6 is 0 Å². The average molecular weight is 650 g/mol. The molecule has 0 saturated heterocycles. The monoisotopic (exact) mass is 650 g/mol. The van der Waals surface area contributed by atoms with E-state index < -0.39 is 0 Å². The van der Waals surface area contributed by atoms with Crippen LogP contribution in [-0.4, -0.2) is 0 Å². The van der Waals surface area contributed by atoms with Gasteiger partial charge in [-0.1, -0.05) is 193 Å². The third-order valence-electron chi connectivity index (χ3n) is 15.2. The van der Waals surface area contributed by atoms with E-state index in [1.807, 2.05) is 0 Å². The van der Waals surface area contributed by atoms with E-state index in [0.29, 0.717) is 5.41 Å². The van der Waals surface area contributed by atoms with E-state index in [1.165, 1.54) is 154 Å². The summed E-state index contributed by atoms with van der Waals surface area (Å²) in [5, 5.41) is 0. The first-order valence-electron chi connectivity index (χ1n) is 23.3. The Morgan fingerprint density at radius 2 is 0.383 bits per heavy atom. The zero-order valence-electron chi connectivity index (χ0n) is 32.2. The highest BCUT2D eigenvalue weighted by atomic mass is 14.6. The Labute approximate surface area is 296 Å². The van der Waals surface area contributed by atoms with Crippen molar-refractivity contribution in [3.63, 3.8) is 0 Å². The van der Waals surface area contributed by atoms with Gasteiger partial charge in [-0.25, -0.2) is 0 Å². The maximum Gasteiger partial charge on any atom is -0.0109 e. The molecule has 5 rings (SSSR count). The summed E-state index contributed by atoms with van der Waals surface area (Å²) in [6.07, 6.45) is 61.8. The predicted molar refractivity (Wildman–Crippen MR) is 208 cm³/mol. The summed E-state index contributed by atoms with van der Waals surface area (Å²) >= 11 is 0. The minimum atomic E-state index is 0.552. The molecule has 0 aromatic heterocycles. The third-order valence-corrected chi connectivity index (χ3v) is 15.2. The Morgan fingerprint density at radius 1 is 0.213 bits per heavy atom. The molecule has 0 nitrogen and oxygen atoms in total. The Kier molecular flexibility index (Phi) is 18.5. The van der Waals surface area contributed by atoms with E-state index in [1.54, 1.807) is 103 Å². The minimum absolute atomic E-state index is 0.552. The SMILES string of the molecule is C1CCCCC([C](C2CCCCCCCC2)C(C2CCCCCCCC2)(C2CCCCCCCC2)C2CCCCCCCC2)CCC1. The van der Waals surface area contributed by atoms with Gasteiger partial charge in [0.15, 0.2) is 0 Å². The summed E-state index contributed by atoms with van der Waals surface area (Å²) in [7, 11) is 0. The van der Waals surface area contributed by atoms with Crippen molar-refractivity contribution in [1.29, 1.82) is 0 Å². The van der Waals surface area contributed by atoms with Crippen LogP contribution in [0.25, 0.3) is 0 Å². The van der Waals surface area contributed by atoms with Crippen LogP contribution in [0, 0.1) is 40.9 Å². The normalized spacial score (nSPS) is 27.8. The summed E-state index contributed by atoms with van der Waals surface area (Å²) in [6.45, 7) is 0. The van der Waals surface area contributed by atoms with Gasteiger partial charge in [0.05, 0.1) is 0 Å². The Balaban J connectivity index is 1.69. The van der Waals surface area contributed by atoms with E-state index in [2.05, 4.69) is 5.92 Å². The van der Waals surface area contributed by atoms with Crippen LogP contribution in [0.5, 0.6) is 0 Å². The quantitative estimate of drug-likeness (QED) is 0.269. The maximum absolute atomic E-state index is 2.36. The fourth-order valence-electron chi connectivity index (χ4n) is 13.0. The molecule has 5 aliphatic rings. The maximum atomic E-state index is 2.36. The molecule has 0 heterocycles. The van der Waals surface area contributed by atoms with Crippen LogP contribution in [0.1, 0.15) is 257 Å². The highest BCUT2D eigenvalue weighted by Crippen LogP contribution is 2.65. The van der Waals surface area contributed by atoms with Crippen LogP contribution in [0.15, 0.2) is 0 Å². The second-order valence-corrected chi connectivity index (χ2v) is 18.4. The average Bonchev–Trinajstić information content (AvgIpc) is 3.50. The molecule has 0 aromatic rings. The van der Waals surface area contributed by atoms with Gasteiger partial charge in [-0.15, -0.1) is 0 Å². The Hall–Kier alpha value is 0. The lowest BCUT2D eigenvalue weighted by Gasteiger charge is -2.61. The van der Waals surface area contributed by atoms with Gasteiger partial charge in [-0.05, 0) is 105 Å². The van der Waals surface area contributed by atoms with Crippen LogP contribution in [0.2, 0.25) is 0 Å². The molecule has 5 saturated carbocycles. The van der Waals surface area contributed by atoms with Crippen molar-refractivity contribution in [3.05, 3.63) is 5.92 Å². The van der Waals surface area contributed by atoms with Gasteiger partial charge < -0.3 is 0 Å². The Bertz CT molecular complexity index is 632. The Morgan fingerprint density at radius 3 is 0.596 bits per heavy atom. The largest absolute Gasteiger partial charge is 0.0533 e. The molecule has 0 bridgehead atoms. The van der Waals surface area contributed by atoms with Crippen LogP contribution in [0.3, 0.4) is 0 Å². The number of hydrogen-bond donors (Lipinski definition) is 0. The lowest BCUT2D eigenvalue weighted by molar-refractivity contribution is -0.0469. The number of rotatable bonds is 6. The van der Waals surface area contributed by atoms with Gasteiger partial charge in [-0.2, -0.15) is 0 Å². The molecule has 0 N–H and O–H groups in total. The van der Waals surface area contributed by atoms with E-state index in [4.69, 9.17) is 0 Å². The van der Waals surface area contributed by atoms with Crippen molar-refractivity contribution in [2.75, 3.05) is 0 Å². The molecule has 273 valence electrons. The lowest BCUT2D eigenvalue weighted by atomic mass is 9.43. The summed E-state index contributed by atoms with van der Waals surface area (Å²) in [5.41, 5.74) is 0.552. The molecule has 5 aliphatic carbocycles. The molecule has 1 radical (unpaired) electrons. The second-order valence-electron chi connectivity index (χ2n) is 18.4. The molecular weight excluding hydrogens is 565 g/mol. The highest BCUT2D eigenvalue weighted by Gasteiger charge is 2.57. The minimum Gasteiger partial charge on any atom is -0.0533 e. The first kappa shape index (κ1) is 38.2. The molecule has 0 unspecified atom stereocenters. The topological polar surface area (TPSA) is 0 Å². The zero-order chi connectivity index (χ0) is 32.2. The molecule has 0 aromatic carbocycles. The van der Waals surface area contributed by atoms with Gasteiger partial charge in [0.1, 0.15) is 0 Å². The molecule has 47 heavy (non-hydrogen) atoms. The lowest BCUT2D eigenvalue weighted by Crippen LogP contribution is -2.54. The number of hydrogen-bond acceptors (Lipinski definition) is 0. The summed E-state index contributed by atoms with van der Waals surface area (Å²) in [4.78, 5) is 0. The first-order valence-corrected chi connectivity index (χ1v) is 23.3. The highest BCUT2D eigenvalue weighted by molar-refractivity contribution is 5.21. The second kappa shape index (κ2) is 22.7. The fraction of sp³-hybridized carbons (Fsp3) is 0.979. The van der Waals surface area contributed by atoms with Gasteiger partial charge in [0.2, 0.25) is 0 Å². The fourth-order valence-corrected chi connectivity index (χ4v) is 13.0. The molecule has 0 spiro atoms. The molecule has 0 atom stereocenters. The van der Waals surface area contributed by atoms with Gasteiger partial charge in [-0.3, -0.25) is 0 Å². The third kappa shape index (κ3) is 11.8. The van der Waals surface area contributed by atoms with Crippen molar-refractivity contribution < 1.29 is 0 Å². The first-order chi connectivity index (χ1) is 23.4. The standard InChI is InChI=1S/C47H85/c1-2-12-22-32-41(31-21-11-1)46(42-33-23-13-3-4-14-24-34-42)47(43-35-25-15-5-6-16-26-36-43,44-37-27-17-7-8-18-28-38-44)45-39-29-19-9-10-20-30-40-45/h41-45H,1-40H2. The van der Waals surface area contributed by atoms with E-state index in [9.17, 15) is 0 Å².